The number of ether oxygens (including phenoxy) is 1. The molecule has 0 bridgehead atoms. The maximum atomic E-state index is 5.99. The van der Waals surface area contributed by atoms with Crippen molar-refractivity contribution in [2.24, 2.45) is 5.92 Å². The van der Waals surface area contributed by atoms with E-state index < -0.39 is 0 Å². The summed E-state index contributed by atoms with van der Waals surface area (Å²) in [6, 6.07) is 12.1. The van der Waals surface area contributed by atoms with Crippen molar-refractivity contribution < 1.29 is 4.74 Å². The predicted molar refractivity (Wildman–Crippen MR) is 91.0 cm³/mol. The number of likely N-dealkylation sites (tertiary alicyclic amines) is 1. The van der Waals surface area contributed by atoms with Crippen LogP contribution in [-0.2, 0) is 4.74 Å². The van der Waals surface area contributed by atoms with Gasteiger partial charge in [0.2, 0.25) is 0 Å². The second-order valence-electron chi connectivity index (χ2n) is 7.06. The summed E-state index contributed by atoms with van der Waals surface area (Å²) in [5.41, 5.74) is 1.33. The number of piperidine rings is 1. The molecule has 2 atom stereocenters. The average molecular weight is 302 g/mol. The van der Waals surface area contributed by atoms with Crippen LogP contribution in [0.15, 0.2) is 30.3 Å². The number of benzene rings is 1. The lowest BCUT2D eigenvalue weighted by atomic mass is 9.94. The van der Waals surface area contributed by atoms with Gasteiger partial charge in [0.15, 0.2) is 0 Å². The minimum Gasteiger partial charge on any atom is -0.373 e. The molecule has 3 heteroatoms. The Morgan fingerprint density at radius 1 is 1.14 bits per heavy atom. The molecule has 0 spiro atoms. The molecule has 0 radical (unpaired) electrons. The Morgan fingerprint density at radius 3 is 2.55 bits per heavy atom. The van der Waals surface area contributed by atoms with Crippen LogP contribution in [-0.4, -0.2) is 43.2 Å². The number of nitrogens with one attached hydrogen (secondary N) is 1. The SMILES string of the molecule is CC(C)N1CCC(NCC2CCOC2c2ccccc2)CC1. The van der Waals surface area contributed by atoms with Gasteiger partial charge >= 0.3 is 0 Å². The summed E-state index contributed by atoms with van der Waals surface area (Å²) in [5.74, 6) is 0.616. The van der Waals surface area contributed by atoms with Crippen molar-refractivity contribution in [1.82, 2.24) is 10.2 Å². The van der Waals surface area contributed by atoms with Crippen molar-refractivity contribution in [3.63, 3.8) is 0 Å². The second-order valence-corrected chi connectivity index (χ2v) is 7.06. The predicted octanol–water partition coefficient (Wildman–Crippen LogP) is 3.23. The molecule has 2 aliphatic heterocycles. The molecule has 22 heavy (non-hydrogen) atoms. The highest BCUT2D eigenvalue weighted by molar-refractivity contribution is 5.19. The van der Waals surface area contributed by atoms with Crippen LogP contribution in [0.25, 0.3) is 0 Å². The third-order valence-corrected chi connectivity index (χ3v) is 5.27. The van der Waals surface area contributed by atoms with Gasteiger partial charge in [-0.3, -0.25) is 0 Å². The van der Waals surface area contributed by atoms with Crippen LogP contribution in [0.3, 0.4) is 0 Å². The Morgan fingerprint density at radius 2 is 1.86 bits per heavy atom. The molecule has 2 heterocycles. The number of rotatable bonds is 5. The smallest absolute Gasteiger partial charge is 0.0866 e. The first-order valence-electron chi connectivity index (χ1n) is 8.88. The molecule has 0 amide bonds. The van der Waals surface area contributed by atoms with Gasteiger partial charge in [-0.05, 0) is 51.8 Å². The van der Waals surface area contributed by atoms with E-state index >= 15 is 0 Å². The molecular weight excluding hydrogens is 272 g/mol. The highest BCUT2D eigenvalue weighted by atomic mass is 16.5. The summed E-state index contributed by atoms with van der Waals surface area (Å²) in [4.78, 5) is 2.59. The Hall–Kier alpha value is -0.900. The normalized spacial score (nSPS) is 27.6. The summed E-state index contributed by atoms with van der Waals surface area (Å²) in [6.45, 7) is 9.06. The van der Waals surface area contributed by atoms with Gasteiger partial charge in [0.05, 0.1) is 6.10 Å². The van der Waals surface area contributed by atoms with Crippen LogP contribution in [0.2, 0.25) is 0 Å². The van der Waals surface area contributed by atoms with Gasteiger partial charge in [0.1, 0.15) is 0 Å². The molecule has 0 aliphatic carbocycles. The average Bonchev–Trinajstić information content (AvgIpc) is 3.02. The van der Waals surface area contributed by atoms with Gasteiger partial charge in [-0.1, -0.05) is 30.3 Å². The number of nitrogens with zero attached hydrogens (tertiary/aromatic N) is 1. The summed E-state index contributed by atoms with van der Waals surface area (Å²) < 4.78 is 5.99. The first kappa shape index (κ1) is 16.0. The summed E-state index contributed by atoms with van der Waals surface area (Å²) in [5, 5.41) is 3.82. The van der Waals surface area contributed by atoms with Crippen molar-refractivity contribution in [2.45, 2.75) is 51.3 Å². The van der Waals surface area contributed by atoms with Crippen LogP contribution in [0.5, 0.6) is 0 Å². The number of hydrogen-bond acceptors (Lipinski definition) is 3. The zero-order valence-electron chi connectivity index (χ0n) is 14.0. The lowest BCUT2D eigenvalue weighted by Gasteiger charge is -2.35. The zero-order chi connectivity index (χ0) is 15.4. The molecule has 1 aromatic rings. The number of hydrogen-bond donors (Lipinski definition) is 1. The Labute approximate surface area is 135 Å². The molecule has 2 aliphatic rings. The van der Waals surface area contributed by atoms with Crippen molar-refractivity contribution in [3.8, 4) is 0 Å². The highest BCUT2D eigenvalue weighted by Gasteiger charge is 2.30. The van der Waals surface area contributed by atoms with Crippen LogP contribution < -0.4 is 5.32 Å². The summed E-state index contributed by atoms with van der Waals surface area (Å²) in [7, 11) is 0. The Kier molecular flexibility index (Phi) is 5.51. The van der Waals surface area contributed by atoms with E-state index in [9.17, 15) is 0 Å². The van der Waals surface area contributed by atoms with Crippen LogP contribution in [0.1, 0.15) is 44.8 Å². The van der Waals surface area contributed by atoms with Crippen molar-refractivity contribution in [1.29, 1.82) is 0 Å². The molecule has 122 valence electrons. The van der Waals surface area contributed by atoms with E-state index in [0.29, 0.717) is 18.0 Å². The molecule has 2 fully saturated rings. The van der Waals surface area contributed by atoms with Crippen LogP contribution in [0.4, 0.5) is 0 Å². The quantitative estimate of drug-likeness (QED) is 0.904. The highest BCUT2D eigenvalue weighted by Crippen LogP contribution is 2.34. The third kappa shape index (κ3) is 3.89. The lowest BCUT2D eigenvalue weighted by Crippen LogP contribution is -2.46. The molecule has 0 aromatic heterocycles. The van der Waals surface area contributed by atoms with E-state index in [-0.39, 0.29) is 6.10 Å². The van der Waals surface area contributed by atoms with Gasteiger partial charge < -0.3 is 15.0 Å². The molecule has 3 nitrogen and oxygen atoms in total. The first-order valence-corrected chi connectivity index (χ1v) is 8.88. The third-order valence-electron chi connectivity index (χ3n) is 5.27. The Balaban J connectivity index is 1.47. The summed E-state index contributed by atoms with van der Waals surface area (Å²) >= 11 is 0. The van der Waals surface area contributed by atoms with Crippen molar-refractivity contribution in [3.05, 3.63) is 35.9 Å². The largest absolute Gasteiger partial charge is 0.373 e. The fraction of sp³-hybridized carbons (Fsp3) is 0.684. The fourth-order valence-electron chi connectivity index (χ4n) is 3.79. The monoisotopic (exact) mass is 302 g/mol. The first-order chi connectivity index (χ1) is 10.7. The second kappa shape index (κ2) is 7.58. The van der Waals surface area contributed by atoms with E-state index in [2.05, 4.69) is 54.4 Å². The minimum atomic E-state index is 0.282. The molecule has 2 unspecified atom stereocenters. The van der Waals surface area contributed by atoms with Crippen LogP contribution >= 0.6 is 0 Å². The standard InChI is InChI=1S/C19H30N2O/c1-15(2)21-11-8-18(9-12-21)20-14-17-10-13-22-19(17)16-6-4-3-5-7-16/h3-7,15,17-20H,8-14H2,1-2H3. The zero-order valence-corrected chi connectivity index (χ0v) is 14.0. The van der Waals surface area contributed by atoms with Crippen molar-refractivity contribution >= 4 is 0 Å². The molecule has 0 saturated carbocycles. The van der Waals surface area contributed by atoms with E-state index in [1.807, 2.05) is 0 Å². The molecule has 1 N–H and O–H groups in total. The van der Waals surface area contributed by atoms with E-state index in [4.69, 9.17) is 4.74 Å². The van der Waals surface area contributed by atoms with Gasteiger partial charge in [-0.25, -0.2) is 0 Å². The van der Waals surface area contributed by atoms with Gasteiger partial charge in [0.25, 0.3) is 0 Å². The minimum absolute atomic E-state index is 0.282. The van der Waals surface area contributed by atoms with Crippen molar-refractivity contribution in [2.75, 3.05) is 26.2 Å². The van der Waals surface area contributed by atoms with Gasteiger partial charge in [-0.15, -0.1) is 0 Å². The summed E-state index contributed by atoms with van der Waals surface area (Å²) in [6.07, 6.45) is 4.02. The molecule has 2 saturated heterocycles. The van der Waals surface area contributed by atoms with Gasteiger partial charge in [0, 0.05) is 31.2 Å². The molecule has 3 rings (SSSR count). The maximum Gasteiger partial charge on any atom is 0.0866 e. The molecule has 1 aromatic carbocycles. The van der Waals surface area contributed by atoms with E-state index in [0.717, 1.165) is 13.2 Å². The van der Waals surface area contributed by atoms with E-state index in [1.54, 1.807) is 0 Å². The Bertz CT molecular complexity index is 440. The topological polar surface area (TPSA) is 24.5 Å². The molecular formula is C19H30N2O. The van der Waals surface area contributed by atoms with E-state index in [1.165, 1.54) is 37.9 Å². The van der Waals surface area contributed by atoms with Crippen LogP contribution in [0, 0.1) is 5.92 Å². The fourth-order valence-corrected chi connectivity index (χ4v) is 3.79. The maximum absolute atomic E-state index is 5.99. The van der Waals surface area contributed by atoms with Gasteiger partial charge in [-0.2, -0.15) is 0 Å². The lowest BCUT2D eigenvalue weighted by molar-refractivity contribution is 0.0880.